The molecule has 0 aromatic heterocycles. The van der Waals surface area contributed by atoms with Gasteiger partial charge in [0.15, 0.2) is 0 Å². The van der Waals surface area contributed by atoms with Gasteiger partial charge in [-0.25, -0.2) is 4.39 Å². The van der Waals surface area contributed by atoms with Gasteiger partial charge >= 0.3 is 0 Å². The zero-order valence-electron chi connectivity index (χ0n) is 14.7. The second-order valence-corrected chi connectivity index (χ2v) is 9.46. The van der Waals surface area contributed by atoms with Crippen molar-refractivity contribution in [3.63, 3.8) is 0 Å². The third-order valence-electron chi connectivity index (χ3n) is 8.69. The van der Waals surface area contributed by atoms with Crippen LogP contribution < -0.4 is 0 Å². The number of fused-ring (bicyclic) bond motifs is 5. The fourth-order valence-electron chi connectivity index (χ4n) is 6.84. The zero-order chi connectivity index (χ0) is 16.6. The van der Waals surface area contributed by atoms with Crippen LogP contribution in [-0.4, -0.2) is 28.1 Å². The predicted molar refractivity (Wildman–Crippen MR) is 88.6 cm³/mol. The highest BCUT2D eigenvalue weighted by molar-refractivity contribution is 5.26. The third-order valence-corrected chi connectivity index (χ3v) is 8.69. The molecule has 4 aliphatic rings. The largest absolute Gasteiger partial charge is 0.393 e. The van der Waals surface area contributed by atoms with E-state index in [1.807, 2.05) is 0 Å². The molecule has 0 saturated heterocycles. The Morgan fingerprint density at radius 3 is 2.61 bits per heavy atom. The van der Waals surface area contributed by atoms with E-state index in [-0.39, 0.29) is 22.9 Å². The number of rotatable bonds is 0. The minimum atomic E-state index is -1.18. The lowest BCUT2D eigenvalue weighted by Gasteiger charge is -2.58. The predicted octanol–water partition coefficient (Wildman–Crippen LogP) is 4.01. The van der Waals surface area contributed by atoms with E-state index in [9.17, 15) is 14.6 Å². The summed E-state index contributed by atoms with van der Waals surface area (Å²) in [6, 6.07) is 0. The van der Waals surface area contributed by atoms with Crippen molar-refractivity contribution < 1.29 is 14.6 Å². The summed E-state index contributed by atoms with van der Waals surface area (Å²) < 4.78 is 14.6. The molecule has 2 nitrogen and oxygen atoms in total. The van der Waals surface area contributed by atoms with E-state index in [1.165, 1.54) is 5.57 Å². The zero-order valence-corrected chi connectivity index (χ0v) is 14.7. The number of aliphatic hydroxyl groups is 2. The molecule has 0 aromatic rings. The van der Waals surface area contributed by atoms with Crippen LogP contribution in [0.25, 0.3) is 0 Å². The molecular weight excluding hydrogens is 291 g/mol. The number of aliphatic hydroxyl groups excluding tert-OH is 1. The maximum absolute atomic E-state index is 14.6. The highest BCUT2D eigenvalue weighted by Gasteiger charge is 2.65. The van der Waals surface area contributed by atoms with E-state index >= 15 is 0 Å². The van der Waals surface area contributed by atoms with Crippen LogP contribution in [0, 0.1) is 28.6 Å². The Kier molecular flexibility index (Phi) is 3.37. The first kappa shape index (κ1) is 16.1. The summed E-state index contributed by atoms with van der Waals surface area (Å²) in [7, 11) is 0. The molecule has 23 heavy (non-hydrogen) atoms. The second-order valence-electron chi connectivity index (χ2n) is 9.46. The third kappa shape index (κ3) is 1.93. The van der Waals surface area contributed by atoms with Gasteiger partial charge in [0.05, 0.1) is 11.7 Å². The van der Waals surface area contributed by atoms with Gasteiger partial charge in [-0.3, -0.25) is 0 Å². The van der Waals surface area contributed by atoms with Crippen molar-refractivity contribution in [2.45, 2.75) is 83.6 Å². The van der Waals surface area contributed by atoms with E-state index in [4.69, 9.17) is 0 Å². The maximum Gasteiger partial charge on any atom is 0.129 e. The molecule has 130 valence electrons. The maximum atomic E-state index is 14.6. The molecule has 2 N–H and O–H groups in total. The summed E-state index contributed by atoms with van der Waals surface area (Å²) >= 11 is 0. The van der Waals surface area contributed by atoms with Gasteiger partial charge in [-0.15, -0.1) is 0 Å². The van der Waals surface area contributed by atoms with Gasteiger partial charge in [0.25, 0.3) is 0 Å². The fourth-order valence-corrected chi connectivity index (χ4v) is 6.84. The molecule has 3 heteroatoms. The van der Waals surface area contributed by atoms with Gasteiger partial charge in [0, 0.05) is 5.41 Å². The monoisotopic (exact) mass is 322 g/mol. The Bertz CT molecular complexity index is 542. The van der Waals surface area contributed by atoms with E-state index in [0.717, 1.165) is 38.5 Å². The molecule has 0 heterocycles. The lowest BCUT2D eigenvalue weighted by atomic mass is 9.47. The van der Waals surface area contributed by atoms with Gasteiger partial charge < -0.3 is 10.2 Å². The SMILES string of the molecule is C[C@]12CC[C@H](O)CC1=CC[C@@H]1[C@@H]2CC[C@@]2(C)[C@H]1C[C@@H](F)[C@]2(C)O. The Balaban J connectivity index is 1.70. The van der Waals surface area contributed by atoms with Crippen LogP contribution in [0.4, 0.5) is 4.39 Å². The van der Waals surface area contributed by atoms with Crippen molar-refractivity contribution in [2.75, 3.05) is 0 Å². The first-order chi connectivity index (χ1) is 10.7. The first-order valence-electron chi connectivity index (χ1n) is 9.44. The van der Waals surface area contributed by atoms with E-state index in [0.29, 0.717) is 18.3 Å². The molecule has 0 aliphatic heterocycles. The smallest absolute Gasteiger partial charge is 0.129 e. The van der Waals surface area contributed by atoms with Crippen molar-refractivity contribution >= 4 is 0 Å². The molecule has 0 unspecified atom stereocenters. The molecule has 0 aromatic carbocycles. The number of allylic oxidation sites excluding steroid dienone is 1. The standard InChI is InChI=1S/C20H31FO2/c1-18-8-6-13(22)10-12(18)4-5-14-15(18)7-9-19(2)16(14)11-17(21)20(19,3)23/h4,13-17,22-23H,5-11H2,1-3H3/t13-,14+,15-,16-,17+,18-,19-,20-/m0/s1. The van der Waals surface area contributed by atoms with Crippen molar-refractivity contribution in [3.05, 3.63) is 11.6 Å². The van der Waals surface area contributed by atoms with Crippen LogP contribution in [0.5, 0.6) is 0 Å². The van der Waals surface area contributed by atoms with Crippen LogP contribution in [0.3, 0.4) is 0 Å². The molecule has 4 rings (SSSR count). The van der Waals surface area contributed by atoms with E-state index in [2.05, 4.69) is 19.9 Å². The summed E-state index contributed by atoms with van der Waals surface area (Å²) in [4.78, 5) is 0. The minimum Gasteiger partial charge on any atom is -0.393 e. The molecule has 0 radical (unpaired) electrons. The summed E-state index contributed by atoms with van der Waals surface area (Å²) in [6.07, 6.45) is 7.40. The van der Waals surface area contributed by atoms with Crippen molar-refractivity contribution in [1.29, 1.82) is 0 Å². The Hall–Kier alpha value is -0.410. The average molecular weight is 322 g/mol. The van der Waals surface area contributed by atoms with Crippen LogP contribution in [0.1, 0.15) is 65.7 Å². The number of hydrogen-bond donors (Lipinski definition) is 2. The number of hydrogen-bond acceptors (Lipinski definition) is 2. The first-order valence-corrected chi connectivity index (χ1v) is 9.44. The summed E-state index contributed by atoms with van der Waals surface area (Å²) in [5, 5.41) is 20.8. The quantitative estimate of drug-likeness (QED) is 0.662. The van der Waals surface area contributed by atoms with Gasteiger partial charge in [-0.1, -0.05) is 25.5 Å². The highest BCUT2D eigenvalue weighted by atomic mass is 19.1. The van der Waals surface area contributed by atoms with Gasteiger partial charge in [0.2, 0.25) is 0 Å². The van der Waals surface area contributed by atoms with Crippen LogP contribution in [0.15, 0.2) is 11.6 Å². The molecule has 8 atom stereocenters. The van der Waals surface area contributed by atoms with Crippen LogP contribution >= 0.6 is 0 Å². The number of alkyl halides is 1. The molecule has 0 amide bonds. The highest BCUT2D eigenvalue weighted by Crippen LogP contribution is 2.67. The average Bonchev–Trinajstić information content (AvgIpc) is 2.67. The topological polar surface area (TPSA) is 40.5 Å². The van der Waals surface area contributed by atoms with Crippen molar-refractivity contribution in [1.82, 2.24) is 0 Å². The molecule has 3 saturated carbocycles. The fraction of sp³-hybridized carbons (Fsp3) is 0.900. The van der Waals surface area contributed by atoms with Crippen LogP contribution in [0.2, 0.25) is 0 Å². The Morgan fingerprint density at radius 1 is 1.13 bits per heavy atom. The molecule has 0 spiro atoms. The lowest BCUT2D eigenvalue weighted by Crippen LogP contribution is -2.54. The van der Waals surface area contributed by atoms with Gasteiger partial charge in [-0.05, 0) is 75.0 Å². The molecule has 4 aliphatic carbocycles. The minimum absolute atomic E-state index is 0.179. The Labute approximate surface area is 139 Å². The van der Waals surface area contributed by atoms with Gasteiger partial charge in [-0.2, -0.15) is 0 Å². The van der Waals surface area contributed by atoms with E-state index in [1.54, 1.807) is 6.92 Å². The lowest BCUT2D eigenvalue weighted by molar-refractivity contribution is -0.130. The van der Waals surface area contributed by atoms with Crippen molar-refractivity contribution in [2.24, 2.45) is 28.6 Å². The molecule has 3 fully saturated rings. The molecule has 0 bridgehead atoms. The van der Waals surface area contributed by atoms with E-state index < -0.39 is 11.8 Å². The summed E-state index contributed by atoms with van der Waals surface area (Å²) in [5.41, 5.74) is 0.159. The summed E-state index contributed by atoms with van der Waals surface area (Å²) in [6.45, 7) is 6.23. The molecular formula is C20H31FO2. The normalized spacial score (nSPS) is 58.9. The van der Waals surface area contributed by atoms with Crippen molar-refractivity contribution in [3.8, 4) is 0 Å². The Morgan fingerprint density at radius 2 is 1.87 bits per heavy atom. The second kappa shape index (κ2) is 4.82. The van der Waals surface area contributed by atoms with Gasteiger partial charge in [0.1, 0.15) is 6.17 Å². The van der Waals surface area contributed by atoms with Crippen LogP contribution in [-0.2, 0) is 0 Å². The summed E-state index contributed by atoms with van der Waals surface area (Å²) in [5.74, 6) is 1.37. The number of halogens is 1.